The number of hydrogen-bond donors (Lipinski definition) is 3. The molecule has 1 aromatic carbocycles. The Labute approximate surface area is 193 Å². The number of halogens is 3. The zero-order valence-electron chi connectivity index (χ0n) is 18.7. The van der Waals surface area contributed by atoms with Gasteiger partial charge in [-0.05, 0) is 12.0 Å². The van der Waals surface area contributed by atoms with E-state index in [0.717, 1.165) is 5.69 Å². The molecule has 3 N–H and O–H groups in total. The van der Waals surface area contributed by atoms with Crippen molar-refractivity contribution in [3.63, 3.8) is 0 Å². The van der Waals surface area contributed by atoms with Gasteiger partial charge in [-0.1, -0.05) is 32.0 Å². The lowest BCUT2D eigenvalue weighted by Gasteiger charge is -2.32. The van der Waals surface area contributed by atoms with Crippen LogP contribution in [-0.2, 0) is 11.3 Å². The van der Waals surface area contributed by atoms with Gasteiger partial charge < -0.3 is 30.0 Å². The molecule has 184 valence electrons. The fourth-order valence-electron chi connectivity index (χ4n) is 3.55. The molecule has 1 aliphatic rings. The summed E-state index contributed by atoms with van der Waals surface area (Å²) < 4.78 is 55.3. The fourth-order valence-corrected chi connectivity index (χ4v) is 3.55. The first-order valence-electron chi connectivity index (χ1n) is 10.8. The summed E-state index contributed by atoms with van der Waals surface area (Å²) in [6.07, 6.45) is -3.11. The number of fused-ring (bicyclic) bond motifs is 1. The van der Waals surface area contributed by atoms with Crippen molar-refractivity contribution in [2.24, 2.45) is 0 Å². The van der Waals surface area contributed by atoms with Gasteiger partial charge in [-0.15, -0.1) is 18.3 Å². The maximum Gasteiger partial charge on any atom is 0.573 e. The van der Waals surface area contributed by atoms with Gasteiger partial charge in [0.05, 0.1) is 30.7 Å². The van der Waals surface area contributed by atoms with Gasteiger partial charge in [0.25, 0.3) is 0 Å². The van der Waals surface area contributed by atoms with Crippen LogP contribution in [0.25, 0.3) is 5.65 Å². The Morgan fingerprint density at radius 2 is 2.12 bits per heavy atom. The molecule has 1 atom stereocenters. The largest absolute Gasteiger partial charge is 0.573 e. The smallest absolute Gasteiger partial charge is 0.471 e. The Morgan fingerprint density at radius 1 is 1.32 bits per heavy atom. The minimum absolute atomic E-state index is 0.0339. The van der Waals surface area contributed by atoms with E-state index in [1.807, 2.05) is 13.8 Å². The summed E-state index contributed by atoms with van der Waals surface area (Å²) in [6.45, 7) is 5.03. The second-order valence-corrected chi connectivity index (χ2v) is 8.24. The average Bonchev–Trinajstić information content (AvgIpc) is 3.21. The highest BCUT2D eigenvalue weighted by molar-refractivity contribution is 5.69. The first-order chi connectivity index (χ1) is 16.1. The van der Waals surface area contributed by atoms with Crippen molar-refractivity contribution >= 4 is 11.3 Å². The quantitative estimate of drug-likeness (QED) is 0.451. The van der Waals surface area contributed by atoms with E-state index < -0.39 is 12.1 Å². The molecule has 3 heterocycles. The predicted octanol–water partition coefficient (Wildman–Crippen LogP) is 3.05. The summed E-state index contributed by atoms with van der Waals surface area (Å²) in [4.78, 5) is 4.43. The van der Waals surface area contributed by atoms with Gasteiger partial charge in [0, 0.05) is 24.7 Å². The molecule has 0 radical (unpaired) electrons. The third kappa shape index (κ3) is 5.69. The van der Waals surface area contributed by atoms with Gasteiger partial charge >= 0.3 is 6.36 Å². The number of benzene rings is 1. The van der Waals surface area contributed by atoms with Crippen LogP contribution in [0.4, 0.5) is 18.9 Å². The molecule has 34 heavy (non-hydrogen) atoms. The van der Waals surface area contributed by atoms with Crippen molar-refractivity contribution in [2.45, 2.75) is 38.5 Å². The monoisotopic (exact) mass is 481 g/mol. The third-order valence-corrected chi connectivity index (χ3v) is 5.23. The number of aliphatic hydroxyl groups is 1. The summed E-state index contributed by atoms with van der Waals surface area (Å²) in [5.74, 6) is -1.50. The zero-order chi connectivity index (χ0) is 24.3. The zero-order valence-corrected chi connectivity index (χ0v) is 18.7. The second-order valence-electron chi connectivity index (χ2n) is 8.24. The third-order valence-electron chi connectivity index (χ3n) is 5.23. The van der Waals surface area contributed by atoms with E-state index in [2.05, 4.69) is 25.5 Å². The van der Waals surface area contributed by atoms with Crippen LogP contribution in [0.3, 0.4) is 0 Å². The molecule has 1 unspecified atom stereocenters. The van der Waals surface area contributed by atoms with Crippen LogP contribution in [0.5, 0.6) is 11.6 Å². The number of rotatable bonds is 8. The van der Waals surface area contributed by atoms with Crippen LogP contribution in [0, 0.1) is 0 Å². The average molecular weight is 481 g/mol. The molecule has 0 saturated carbocycles. The number of nitrogens with zero attached hydrogens (tertiary/aromatic N) is 3. The minimum atomic E-state index is -4.80. The van der Waals surface area contributed by atoms with E-state index in [0.29, 0.717) is 30.0 Å². The number of anilines is 1. The Hall–Kier alpha value is -3.09. The van der Waals surface area contributed by atoms with Gasteiger partial charge in [0.2, 0.25) is 11.7 Å². The van der Waals surface area contributed by atoms with Crippen molar-refractivity contribution < 1.29 is 32.5 Å². The Morgan fingerprint density at radius 3 is 2.82 bits per heavy atom. The predicted molar refractivity (Wildman–Crippen MR) is 117 cm³/mol. The van der Waals surface area contributed by atoms with Crippen molar-refractivity contribution in [1.29, 1.82) is 0 Å². The summed E-state index contributed by atoms with van der Waals surface area (Å²) in [5.41, 5.74) is 2.11. The molecule has 3 aromatic rings. The fraction of sp³-hybridized carbons (Fsp3) is 0.455. The molecule has 2 aromatic heterocycles. The Kier molecular flexibility index (Phi) is 6.82. The van der Waals surface area contributed by atoms with Crippen molar-refractivity contribution in [3.8, 4) is 11.6 Å². The maximum absolute atomic E-state index is 12.8. The van der Waals surface area contributed by atoms with Gasteiger partial charge in [0.15, 0.2) is 5.65 Å². The summed E-state index contributed by atoms with van der Waals surface area (Å²) in [7, 11) is 0. The van der Waals surface area contributed by atoms with E-state index >= 15 is 0 Å². The first kappa shape index (κ1) is 24.0. The molecule has 0 amide bonds. The van der Waals surface area contributed by atoms with Gasteiger partial charge in [-0.2, -0.15) is 0 Å². The van der Waals surface area contributed by atoms with Crippen molar-refractivity contribution in [2.75, 3.05) is 31.6 Å². The van der Waals surface area contributed by atoms with Gasteiger partial charge in [0.1, 0.15) is 12.4 Å². The van der Waals surface area contributed by atoms with Gasteiger partial charge in [-0.3, -0.25) is 0 Å². The van der Waals surface area contributed by atoms with Crippen LogP contribution in [0.2, 0.25) is 0 Å². The lowest BCUT2D eigenvalue weighted by molar-refractivity contribution is -0.274. The normalized spacial score (nSPS) is 18.9. The number of ether oxygens (including phenoxy) is 3. The highest BCUT2D eigenvalue weighted by Gasteiger charge is 2.33. The Bertz CT molecular complexity index is 1130. The van der Waals surface area contributed by atoms with Crippen molar-refractivity contribution in [1.82, 2.24) is 19.9 Å². The van der Waals surface area contributed by atoms with Crippen molar-refractivity contribution in [3.05, 3.63) is 47.8 Å². The molecule has 12 heteroatoms. The highest BCUT2D eigenvalue weighted by Crippen LogP contribution is 2.29. The summed E-state index contributed by atoms with van der Waals surface area (Å²) >= 11 is 0. The SMILES string of the molecule is CC(C)c1cnc2c(NCc3ccccc3OC(F)(F)F)cc(OCC3(O)CNCCO3)nn12. The van der Waals surface area contributed by atoms with E-state index in [9.17, 15) is 18.3 Å². The molecule has 1 aliphatic heterocycles. The molecule has 9 nitrogen and oxygen atoms in total. The van der Waals surface area contributed by atoms with Crippen LogP contribution in [0.1, 0.15) is 31.0 Å². The van der Waals surface area contributed by atoms with Gasteiger partial charge in [-0.25, -0.2) is 9.50 Å². The molecular weight excluding hydrogens is 455 g/mol. The van der Waals surface area contributed by atoms with E-state index in [4.69, 9.17) is 9.47 Å². The first-order valence-corrected chi connectivity index (χ1v) is 10.8. The summed E-state index contributed by atoms with van der Waals surface area (Å²) in [6, 6.07) is 7.48. The number of aromatic nitrogens is 3. The maximum atomic E-state index is 12.8. The topological polar surface area (TPSA) is 102 Å². The van der Waals surface area contributed by atoms with E-state index in [-0.39, 0.29) is 37.2 Å². The van der Waals surface area contributed by atoms with Crippen LogP contribution < -0.4 is 20.1 Å². The molecule has 1 saturated heterocycles. The molecular formula is C22H26F3N5O4. The highest BCUT2D eigenvalue weighted by atomic mass is 19.4. The second kappa shape index (κ2) is 9.65. The molecule has 0 aliphatic carbocycles. The van der Waals surface area contributed by atoms with Crippen LogP contribution >= 0.6 is 0 Å². The number of β-amino-alcohol motifs (C(OH)–C–C–N with tert-alkyl or cyclic N) is 1. The number of alkyl halides is 3. The number of hydrogen-bond acceptors (Lipinski definition) is 8. The molecule has 4 rings (SSSR count). The van der Waals surface area contributed by atoms with E-state index in [1.54, 1.807) is 22.8 Å². The number of nitrogens with one attached hydrogen (secondary N) is 2. The number of imidazole rings is 1. The summed E-state index contributed by atoms with van der Waals surface area (Å²) in [5, 5.41) is 21.2. The molecule has 0 bridgehead atoms. The Balaban J connectivity index is 1.60. The number of para-hydroxylation sites is 1. The minimum Gasteiger partial charge on any atom is -0.471 e. The van der Waals surface area contributed by atoms with Crippen LogP contribution in [0.15, 0.2) is 36.5 Å². The lowest BCUT2D eigenvalue weighted by atomic mass is 10.1. The van der Waals surface area contributed by atoms with Crippen LogP contribution in [-0.4, -0.2) is 58.2 Å². The number of morpholine rings is 1. The molecule has 0 spiro atoms. The standard InChI is InChI=1S/C22H26F3N5O4/c1-14(2)17-11-28-20-16(27-10-15-5-3-4-6-18(15)34-22(23,24)25)9-19(29-30(17)20)32-13-21(31)12-26-7-8-33-21/h3-6,9,11,14,26-27,31H,7-8,10,12-13H2,1-2H3. The molecule has 1 fully saturated rings. The lowest BCUT2D eigenvalue weighted by Crippen LogP contribution is -2.53. The van der Waals surface area contributed by atoms with E-state index in [1.165, 1.54) is 18.2 Å².